The third-order valence-corrected chi connectivity index (χ3v) is 4.81. The highest BCUT2D eigenvalue weighted by molar-refractivity contribution is 6.30. The summed E-state index contributed by atoms with van der Waals surface area (Å²) < 4.78 is 18.6. The molecule has 0 aliphatic carbocycles. The van der Waals surface area contributed by atoms with Crippen molar-refractivity contribution in [2.75, 3.05) is 13.1 Å². The number of nitrogens with zero attached hydrogens (tertiary/aromatic N) is 1. The molecular weight excluding hydrogens is 419 g/mol. The van der Waals surface area contributed by atoms with Crippen molar-refractivity contribution in [3.63, 3.8) is 0 Å². The van der Waals surface area contributed by atoms with E-state index in [1.165, 1.54) is 29.2 Å². The summed E-state index contributed by atoms with van der Waals surface area (Å²) in [6.45, 7) is 2.52. The van der Waals surface area contributed by atoms with E-state index in [0.29, 0.717) is 35.2 Å². The summed E-state index contributed by atoms with van der Waals surface area (Å²) in [5.41, 5.74) is 1.36. The van der Waals surface area contributed by atoms with Crippen LogP contribution < -0.4 is 10.1 Å². The molecule has 0 radical (unpaired) electrons. The van der Waals surface area contributed by atoms with Gasteiger partial charge in [-0.1, -0.05) is 23.7 Å². The van der Waals surface area contributed by atoms with Gasteiger partial charge >= 0.3 is 0 Å². The minimum atomic E-state index is -0.342. The third kappa shape index (κ3) is 6.55. The zero-order valence-corrected chi connectivity index (χ0v) is 17.7. The topological polar surface area (TPSA) is 58.6 Å². The SMILES string of the molecule is CCN(CC(=O)NCc1ccc(Cl)cc1)C(=O)c1ccc(Oc2ccc(F)cc2)cc1. The molecule has 1 N–H and O–H groups in total. The van der Waals surface area contributed by atoms with E-state index in [0.717, 1.165) is 5.56 Å². The average Bonchev–Trinajstić information content (AvgIpc) is 2.78. The highest BCUT2D eigenvalue weighted by atomic mass is 35.5. The first-order valence-electron chi connectivity index (χ1n) is 9.78. The van der Waals surface area contributed by atoms with Crippen LogP contribution in [-0.2, 0) is 11.3 Å². The van der Waals surface area contributed by atoms with Gasteiger partial charge in [0.25, 0.3) is 5.91 Å². The number of halogens is 2. The van der Waals surface area contributed by atoms with Gasteiger partial charge in [-0.25, -0.2) is 4.39 Å². The lowest BCUT2D eigenvalue weighted by atomic mass is 10.2. The molecule has 5 nitrogen and oxygen atoms in total. The molecule has 0 aromatic heterocycles. The van der Waals surface area contributed by atoms with Gasteiger partial charge in [0.1, 0.15) is 17.3 Å². The van der Waals surface area contributed by atoms with E-state index < -0.39 is 0 Å². The summed E-state index contributed by atoms with van der Waals surface area (Å²) in [5, 5.41) is 3.44. The number of hydrogen-bond donors (Lipinski definition) is 1. The van der Waals surface area contributed by atoms with Gasteiger partial charge in [0.05, 0.1) is 6.54 Å². The Hall–Kier alpha value is -3.38. The maximum absolute atomic E-state index is 13.0. The Balaban J connectivity index is 1.55. The number of amides is 2. The van der Waals surface area contributed by atoms with Gasteiger partial charge in [0.2, 0.25) is 5.91 Å². The summed E-state index contributed by atoms with van der Waals surface area (Å²) in [5.74, 6) is 0.170. The van der Waals surface area contributed by atoms with Crippen molar-refractivity contribution in [3.8, 4) is 11.5 Å². The van der Waals surface area contributed by atoms with Gasteiger partial charge in [-0.3, -0.25) is 9.59 Å². The van der Waals surface area contributed by atoms with Crippen LogP contribution in [0.5, 0.6) is 11.5 Å². The van der Waals surface area contributed by atoms with Gasteiger partial charge in [0.15, 0.2) is 0 Å². The molecule has 0 unspecified atom stereocenters. The quantitative estimate of drug-likeness (QED) is 0.533. The van der Waals surface area contributed by atoms with Crippen LogP contribution in [0.4, 0.5) is 4.39 Å². The molecule has 160 valence electrons. The third-order valence-electron chi connectivity index (χ3n) is 4.56. The number of carbonyl (C=O) groups excluding carboxylic acids is 2. The van der Waals surface area contributed by atoms with E-state index in [1.807, 2.05) is 19.1 Å². The van der Waals surface area contributed by atoms with Crippen LogP contribution in [-0.4, -0.2) is 29.8 Å². The molecule has 0 saturated heterocycles. The van der Waals surface area contributed by atoms with Crippen molar-refractivity contribution in [1.82, 2.24) is 10.2 Å². The Morgan fingerprint density at radius 1 is 0.935 bits per heavy atom. The first kappa shape index (κ1) is 22.3. The number of nitrogens with one attached hydrogen (secondary N) is 1. The van der Waals surface area contributed by atoms with Crippen molar-refractivity contribution in [1.29, 1.82) is 0 Å². The summed E-state index contributed by atoms with van der Waals surface area (Å²) in [6, 6.07) is 19.4. The maximum atomic E-state index is 13.0. The second-order valence-electron chi connectivity index (χ2n) is 6.80. The van der Waals surface area contributed by atoms with Crippen molar-refractivity contribution >= 4 is 23.4 Å². The van der Waals surface area contributed by atoms with Gasteiger partial charge in [-0.05, 0) is 73.2 Å². The van der Waals surface area contributed by atoms with Crippen LogP contribution in [0.3, 0.4) is 0 Å². The minimum absolute atomic E-state index is 0.0449. The number of carbonyl (C=O) groups is 2. The number of rotatable bonds is 8. The molecule has 7 heteroatoms. The second-order valence-corrected chi connectivity index (χ2v) is 7.24. The summed E-state index contributed by atoms with van der Waals surface area (Å²) >= 11 is 5.86. The number of hydrogen-bond acceptors (Lipinski definition) is 3. The van der Waals surface area contributed by atoms with Gasteiger partial charge < -0.3 is 15.0 Å². The number of benzene rings is 3. The molecule has 3 aromatic carbocycles. The number of ether oxygens (including phenoxy) is 1. The minimum Gasteiger partial charge on any atom is -0.457 e. The lowest BCUT2D eigenvalue weighted by Crippen LogP contribution is -2.40. The monoisotopic (exact) mass is 440 g/mol. The highest BCUT2D eigenvalue weighted by Gasteiger charge is 2.17. The summed E-state index contributed by atoms with van der Waals surface area (Å²) in [6.07, 6.45) is 0. The van der Waals surface area contributed by atoms with Crippen molar-refractivity contribution in [2.24, 2.45) is 0 Å². The molecule has 31 heavy (non-hydrogen) atoms. The molecule has 3 rings (SSSR count). The van der Waals surface area contributed by atoms with E-state index in [9.17, 15) is 14.0 Å². The lowest BCUT2D eigenvalue weighted by molar-refractivity contribution is -0.121. The zero-order chi connectivity index (χ0) is 22.2. The maximum Gasteiger partial charge on any atom is 0.254 e. The molecule has 0 heterocycles. The highest BCUT2D eigenvalue weighted by Crippen LogP contribution is 2.22. The predicted molar refractivity (Wildman–Crippen MR) is 118 cm³/mol. The first-order valence-corrected chi connectivity index (χ1v) is 10.2. The Labute approximate surface area is 185 Å². The first-order chi connectivity index (χ1) is 14.9. The Morgan fingerprint density at radius 2 is 1.52 bits per heavy atom. The van der Waals surface area contributed by atoms with Crippen molar-refractivity contribution in [2.45, 2.75) is 13.5 Å². The fourth-order valence-electron chi connectivity index (χ4n) is 2.85. The van der Waals surface area contributed by atoms with Crippen LogP contribution >= 0.6 is 11.6 Å². The number of likely N-dealkylation sites (N-methyl/N-ethyl adjacent to an activating group) is 1. The molecule has 0 spiro atoms. The fraction of sp³-hybridized carbons (Fsp3) is 0.167. The second kappa shape index (κ2) is 10.6. The summed E-state index contributed by atoms with van der Waals surface area (Å²) in [4.78, 5) is 26.5. The predicted octanol–water partition coefficient (Wildman–Crippen LogP) is 5.05. The average molecular weight is 441 g/mol. The van der Waals surface area contributed by atoms with Crippen molar-refractivity contribution in [3.05, 3.63) is 94.8 Å². The van der Waals surface area contributed by atoms with Crippen LogP contribution in [0.25, 0.3) is 0 Å². The standard InChI is InChI=1S/C24H22ClFN2O3/c1-2-28(16-23(29)27-15-17-3-7-19(25)8-4-17)24(30)18-5-11-21(12-6-18)31-22-13-9-20(26)10-14-22/h3-14H,2,15-16H2,1H3,(H,27,29). The lowest BCUT2D eigenvalue weighted by Gasteiger charge is -2.20. The van der Waals surface area contributed by atoms with E-state index in [4.69, 9.17) is 16.3 Å². The Kier molecular flexibility index (Phi) is 7.62. The fourth-order valence-corrected chi connectivity index (χ4v) is 2.97. The molecule has 0 atom stereocenters. The van der Waals surface area contributed by atoms with Crippen LogP contribution in [0.1, 0.15) is 22.8 Å². The van der Waals surface area contributed by atoms with E-state index in [2.05, 4.69) is 5.32 Å². The van der Waals surface area contributed by atoms with E-state index in [1.54, 1.807) is 36.4 Å². The van der Waals surface area contributed by atoms with E-state index >= 15 is 0 Å². The molecular formula is C24H22ClFN2O3. The molecule has 0 aliphatic rings. The normalized spacial score (nSPS) is 10.4. The molecule has 0 aliphatic heterocycles. The molecule has 0 saturated carbocycles. The molecule has 3 aromatic rings. The largest absolute Gasteiger partial charge is 0.457 e. The zero-order valence-electron chi connectivity index (χ0n) is 17.0. The molecule has 0 bridgehead atoms. The smallest absolute Gasteiger partial charge is 0.254 e. The Morgan fingerprint density at radius 3 is 2.10 bits per heavy atom. The van der Waals surface area contributed by atoms with Crippen LogP contribution in [0.2, 0.25) is 5.02 Å². The van der Waals surface area contributed by atoms with Gasteiger partial charge in [-0.15, -0.1) is 0 Å². The van der Waals surface area contributed by atoms with Gasteiger partial charge in [-0.2, -0.15) is 0 Å². The Bertz CT molecular complexity index is 1020. The summed E-state index contributed by atoms with van der Waals surface area (Å²) in [7, 11) is 0. The molecule has 2 amide bonds. The van der Waals surface area contributed by atoms with Gasteiger partial charge in [0, 0.05) is 23.7 Å². The van der Waals surface area contributed by atoms with Crippen LogP contribution in [0, 0.1) is 5.82 Å². The van der Waals surface area contributed by atoms with Crippen LogP contribution in [0.15, 0.2) is 72.8 Å². The van der Waals surface area contributed by atoms with Crippen molar-refractivity contribution < 1.29 is 18.7 Å². The van der Waals surface area contributed by atoms with E-state index in [-0.39, 0.29) is 24.2 Å². The molecule has 0 fully saturated rings.